The highest BCUT2D eigenvalue weighted by atomic mass is 16.5. The molecule has 0 aliphatic heterocycles. The van der Waals surface area contributed by atoms with Crippen LogP contribution in [0.3, 0.4) is 0 Å². The van der Waals surface area contributed by atoms with Crippen LogP contribution >= 0.6 is 0 Å². The molecule has 1 atom stereocenters. The third kappa shape index (κ3) is 1.64. The fourth-order valence-corrected chi connectivity index (χ4v) is 1.77. The van der Waals surface area contributed by atoms with E-state index in [0.717, 1.165) is 12.8 Å². The number of aliphatic carboxylic acids is 1. The molecule has 1 rings (SSSR count). The van der Waals surface area contributed by atoms with E-state index in [1.807, 2.05) is 0 Å². The lowest BCUT2D eigenvalue weighted by molar-refractivity contribution is -0.176. The summed E-state index contributed by atoms with van der Waals surface area (Å²) in [5, 5.41) is 19.4. The van der Waals surface area contributed by atoms with Crippen LogP contribution in [-0.4, -0.2) is 35.5 Å². The number of carboxylic acid groups (broad SMARTS) is 1. The number of rotatable bonds is 5. The molecule has 0 radical (unpaired) electrons. The molecule has 0 heterocycles. The molecular weight excluding hydrogens is 184 g/mol. The van der Waals surface area contributed by atoms with Crippen LogP contribution in [-0.2, 0) is 9.53 Å². The fourth-order valence-electron chi connectivity index (χ4n) is 1.77. The van der Waals surface area contributed by atoms with Crippen LogP contribution in [0.25, 0.3) is 0 Å². The molecule has 1 saturated carbocycles. The van der Waals surface area contributed by atoms with Gasteiger partial charge in [-0.2, -0.15) is 0 Å². The number of aliphatic hydroxyl groups is 1. The molecule has 4 nitrogen and oxygen atoms in total. The van der Waals surface area contributed by atoms with Crippen LogP contribution in [0, 0.1) is 11.3 Å². The molecule has 0 aromatic heterocycles. The first-order valence-corrected chi connectivity index (χ1v) is 4.81. The van der Waals surface area contributed by atoms with E-state index < -0.39 is 17.0 Å². The summed E-state index contributed by atoms with van der Waals surface area (Å²) in [5.41, 5.74) is -2.40. The van der Waals surface area contributed by atoms with Gasteiger partial charge in [-0.05, 0) is 32.6 Å². The van der Waals surface area contributed by atoms with E-state index in [-0.39, 0.29) is 12.5 Å². The number of methoxy groups -OCH3 is 1. The molecule has 14 heavy (non-hydrogen) atoms. The van der Waals surface area contributed by atoms with Crippen molar-refractivity contribution in [1.29, 1.82) is 0 Å². The van der Waals surface area contributed by atoms with Gasteiger partial charge in [0, 0.05) is 7.11 Å². The van der Waals surface area contributed by atoms with Crippen LogP contribution in [0.15, 0.2) is 0 Å². The maximum absolute atomic E-state index is 11.1. The van der Waals surface area contributed by atoms with Crippen molar-refractivity contribution in [3.63, 3.8) is 0 Å². The molecule has 1 aliphatic carbocycles. The molecule has 0 aromatic carbocycles. The second-order valence-electron chi connectivity index (χ2n) is 4.56. The van der Waals surface area contributed by atoms with Crippen molar-refractivity contribution in [1.82, 2.24) is 0 Å². The van der Waals surface area contributed by atoms with Crippen LogP contribution in [0.2, 0.25) is 0 Å². The molecule has 0 bridgehead atoms. The first-order chi connectivity index (χ1) is 6.36. The number of carbonyl (C=O) groups is 1. The van der Waals surface area contributed by atoms with Gasteiger partial charge in [-0.25, -0.2) is 0 Å². The molecule has 0 saturated heterocycles. The van der Waals surface area contributed by atoms with E-state index in [9.17, 15) is 9.90 Å². The van der Waals surface area contributed by atoms with E-state index in [1.165, 1.54) is 7.11 Å². The van der Waals surface area contributed by atoms with Crippen molar-refractivity contribution in [2.75, 3.05) is 13.7 Å². The minimum absolute atomic E-state index is 0.0635. The summed E-state index contributed by atoms with van der Waals surface area (Å²) in [6, 6.07) is 0. The second kappa shape index (κ2) is 3.51. The Morgan fingerprint density at radius 2 is 2.00 bits per heavy atom. The van der Waals surface area contributed by atoms with E-state index in [0.29, 0.717) is 0 Å². The van der Waals surface area contributed by atoms with E-state index in [4.69, 9.17) is 9.84 Å². The quantitative estimate of drug-likeness (QED) is 0.694. The minimum Gasteiger partial charge on any atom is -0.481 e. The monoisotopic (exact) mass is 202 g/mol. The molecule has 82 valence electrons. The highest BCUT2D eigenvalue weighted by molar-refractivity contribution is 5.75. The summed E-state index contributed by atoms with van der Waals surface area (Å²) in [7, 11) is 1.48. The van der Waals surface area contributed by atoms with Gasteiger partial charge in [-0.1, -0.05) is 0 Å². The Balaban J connectivity index is 2.90. The lowest BCUT2D eigenvalue weighted by Crippen LogP contribution is -2.54. The van der Waals surface area contributed by atoms with Crippen molar-refractivity contribution in [2.24, 2.45) is 11.3 Å². The third-order valence-corrected chi connectivity index (χ3v) is 3.23. The number of ether oxygens (including phenoxy) is 1. The average molecular weight is 202 g/mol. The van der Waals surface area contributed by atoms with Gasteiger partial charge in [0.05, 0.1) is 12.0 Å². The zero-order valence-corrected chi connectivity index (χ0v) is 8.91. The zero-order chi connectivity index (χ0) is 11.0. The molecule has 4 heteroatoms. The maximum atomic E-state index is 11.1. The molecule has 0 spiro atoms. The summed E-state index contributed by atoms with van der Waals surface area (Å²) >= 11 is 0. The summed E-state index contributed by atoms with van der Waals surface area (Å²) < 4.78 is 4.93. The predicted molar refractivity (Wildman–Crippen MR) is 51.0 cm³/mol. The molecule has 2 N–H and O–H groups in total. The summed E-state index contributed by atoms with van der Waals surface area (Å²) in [6.45, 7) is 3.18. The average Bonchev–Trinajstić information content (AvgIpc) is 2.86. The largest absolute Gasteiger partial charge is 0.481 e. The molecule has 0 aromatic rings. The summed E-state index contributed by atoms with van der Waals surface area (Å²) in [4.78, 5) is 11.1. The van der Waals surface area contributed by atoms with E-state index >= 15 is 0 Å². The van der Waals surface area contributed by atoms with E-state index in [2.05, 4.69) is 0 Å². The predicted octanol–water partition coefficient (Wildman–Crippen LogP) is 0.885. The van der Waals surface area contributed by atoms with Crippen molar-refractivity contribution in [2.45, 2.75) is 32.3 Å². The highest BCUT2D eigenvalue weighted by Crippen LogP contribution is 2.49. The minimum atomic E-state index is -1.24. The van der Waals surface area contributed by atoms with Crippen LogP contribution < -0.4 is 0 Å². The summed E-state index contributed by atoms with van der Waals surface area (Å²) in [5.74, 6) is -0.919. The second-order valence-corrected chi connectivity index (χ2v) is 4.56. The summed E-state index contributed by atoms with van der Waals surface area (Å²) in [6.07, 6.45) is 1.77. The van der Waals surface area contributed by atoms with Crippen molar-refractivity contribution < 1.29 is 19.7 Å². The molecule has 1 aliphatic rings. The van der Waals surface area contributed by atoms with Gasteiger partial charge in [-0.3, -0.25) is 4.79 Å². The number of hydrogen-bond acceptors (Lipinski definition) is 3. The van der Waals surface area contributed by atoms with Gasteiger partial charge in [0.15, 0.2) is 0 Å². The first-order valence-electron chi connectivity index (χ1n) is 4.81. The molecule has 0 amide bonds. The Morgan fingerprint density at radius 1 is 1.50 bits per heavy atom. The van der Waals surface area contributed by atoms with Gasteiger partial charge in [0.1, 0.15) is 5.60 Å². The first kappa shape index (κ1) is 11.5. The lowest BCUT2D eigenvalue weighted by atomic mass is 9.72. The van der Waals surface area contributed by atoms with Crippen LogP contribution in [0.1, 0.15) is 26.7 Å². The van der Waals surface area contributed by atoms with Gasteiger partial charge in [0.25, 0.3) is 0 Å². The molecule has 1 unspecified atom stereocenters. The number of carboxylic acids is 1. The Kier molecular flexibility index (Phi) is 2.88. The Bertz CT molecular complexity index is 232. The normalized spacial score (nSPS) is 21.7. The Hall–Kier alpha value is -0.610. The Labute approximate surface area is 83.9 Å². The smallest absolute Gasteiger partial charge is 0.312 e. The van der Waals surface area contributed by atoms with Gasteiger partial charge >= 0.3 is 5.97 Å². The third-order valence-electron chi connectivity index (χ3n) is 3.23. The SMILES string of the molecule is COCC(O)(C1CC1)C(C)(C)C(=O)O. The van der Waals surface area contributed by atoms with Crippen LogP contribution in [0.5, 0.6) is 0 Å². The van der Waals surface area contributed by atoms with Crippen molar-refractivity contribution >= 4 is 5.97 Å². The van der Waals surface area contributed by atoms with Crippen molar-refractivity contribution in [3.8, 4) is 0 Å². The fraction of sp³-hybridized carbons (Fsp3) is 0.900. The lowest BCUT2D eigenvalue weighted by Gasteiger charge is -2.39. The Morgan fingerprint density at radius 3 is 2.29 bits per heavy atom. The van der Waals surface area contributed by atoms with Gasteiger partial charge in [-0.15, -0.1) is 0 Å². The topological polar surface area (TPSA) is 66.8 Å². The van der Waals surface area contributed by atoms with Crippen LogP contribution in [0.4, 0.5) is 0 Å². The number of hydrogen-bond donors (Lipinski definition) is 2. The van der Waals surface area contributed by atoms with Gasteiger partial charge < -0.3 is 14.9 Å². The van der Waals surface area contributed by atoms with Gasteiger partial charge in [0.2, 0.25) is 0 Å². The molecule has 1 fully saturated rings. The van der Waals surface area contributed by atoms with E-state index in [1.54, 1.807) is 13.8 Å². The zero-order valence-electron chi connectivity index (χ0n) is 8.91. The maximum Gasteiger partial charge on any atom is 0.312 e. The van der Waals surface area contributed by atoms with Crippen molar-refractivity contribution in [3.05, 3.63) is 0 Å². The molecular formula is C10H18O4. The highest BCUT2D eigenvalue weighted by Gasteiger charge is 2.57. The standard InChI is InChI=1S/C10H18O4/c1-9(2,8(11)12)10(13,6-14-3)7-4-5-7/h7,13H,4-6H2,1-3H3,(H,11,12).